The van der Waals surface area contributed by atoms with E-state index in [1.807, 2.05) is 6.07 Å². The minimum absolute atomic E-state index is 0.162. The van der Waals surface area contributed by atoms with Gasteiger partial charge in [-0.1, -0.05) is 37.2 Å². The molecule has 2 rings (SSSR count). The molecule has 0 bridgehead atoms. The van der Waals surface area contributed by atoms with Gasteiger partial charge in [-0.2, -0.15) is 5.26 Å². The molecule has 1 aromatic rings. The highest BCUT2D eigenvalue weighted by molar-refractivity contribution is 8.22. The van der Waals surface area contributed by atoms with Crippen LogP contribution >= 0.6 is 23.5 Å². The van der Waals surface area contributed by atoms with Crippen molar-refractivity contribution in [2.45, 2.75) is 25.1 Å². The fourth-order valence-corrected chi connectivity index (χ4v) is 4.58. The number of rotatable bonds is 6. The van der Waals surface area contributed by atoms with E-state index in [0.29, 0.717) is 0 Å². The number of nitrogens with zero attached hydrogens (tertiary/aromatic N) is 1. The molecule has 0 aromatic heterocycles. The molecule has 1 aliphatic heterocycles. The second-order valence-electron chi connectivity index (χ2n) is 4.87. The lowest BCUT2D eigenvalue weighted by Gasteiger charge is -2.25. The summed E-state index contributed by atoms with van der Waals surface area (Å²) in [7, 11) is 0. The highest BCUT2D eigenvalue weighted by Crippen LogP contribution is 2.43. The van der Waals surface area contributed by atoms with Crippen molar-refractivity contribution in [3.05, 3.63) is 45.2 Å². The van der Waals surface area contributed by atoms with Crippen LogP contribution in [-0.4, -0.2) is 22.7 Å². The summed E-state index contributed by atoms with van der Waals surface area (Å²) in [5.41, 5.74) is 1.17. The van der Waals surface area contributed by atoms with Crippen LogP contribution in [-0.2, 0) is 4.79 Å². The second-order valence-corrected chi connectivity index (χ2v) is 7.35. The van der Waals surface area contributed by atoms with E-state index >= 15 is 0 Å². The van der Waals surface area contributed by atoms with Gasteiger partial charge in [0.1, 0.15) is 17.0 Å². The Morgan fingerprint density at radius 2 is 2.13 bits per heavy atom. The predicted molar refractivity (Wildman–Crippen MR) is 91.9 cm³/mol. The molecule has 120 valence electrons. The highest BCUT2D eigenvalue weighted by Gasteiger charge is 2.29. The monoisotopic (exact) mass is 348 g/mol. The Morgan fingerprint density at radius 3 is 2.70 bits per heavy atom. The van der Waals surface area contributed by atoms with Crippen LogP contribution in [0.15, 0.2) is 34.1 Å². The number of hydrogen-bond donors (Lipinski definition) is 2. The average Bonchev–Trinajstić information content (AvgIpc) is 2.55. The molecular formula is C16H16N2O3S2. The standard InChI is InChI=1S/C16H16N2O3S2/c1-2-3-8-22-16-12(9-17)13(19)18-14(23-16)10-4-6-11(7-5-10)15(20)21/h4-7,14H,2-3,8H2,1H3,(H,18,19)(H,20,21). The maximum Gasteiger partial charge on any atom is 0.335 e. The largest absolute Gasteiger partial charge is 0.478 e. The van der Waals surface area contributed by atoms with Crippen LogP contribution in [0.1, 0.15) is 41.1 Å². The number of unbranched alkanes of at least 4 members (excludes halogenated alkanes) is 1. The SMILES string of the molecule is CCCCSC1=C(C#N)C(=O)NC(c2ccc(C(=O)O)cc2)S1. The van der Waals surface area contributed by atoms with Gasteiger partial charge in [0.25, 0.3) is 5.91 Å². The van der Waals surface area contributed by atoms with Crippen molar-refractivity contribution in [2.75, 3.05) is 5.75 Å². The van der Waals surface area contributed by atoms with E-state index < -0.39 is 5.97 Å². The van der Waals surface area contributed by atoms with Gasteiger partial charge in [0, 0.05) is 0 Å². The van der Waals surface area contributed by atoms with Gasteiger partial charge in [-0.05, 0) is 29.9 Å². The Kier molecular flexibility index (Phi) is 6.13. The van der Waals surface area contributed by atoms with Crippen molar-refractivity contribution < 1.29 is 14.7 Å². The Bertz CT molecular complexity index is 678. The molecule has 0 saturated heterocycles. The summed E-state index contributed by atoms with van der Waals surface area (Å²) in [6.45, 7) is 2.09. The molecule has 0 spiro atoms. The number of aromatic carboxylic acids is 1. The van der Waals surface area contributed by atoms with E-state index in [-0.39, 0.29) is 22.4 Å². The Labute approximate surface area is 143 Å². The number of carboxylic acid groups (broad SMARTS) is 1. The van der Waals surface area contributed by atoms with Crippen molar-refractivity contribution in [2.24, 2.45) is 0 Å². The third-order valence-corrected chi connectivity index (χ3v) is 5.87. The number of nitrogens with one attached hydrogen (secondary N) is 1. The molecular weight excluding hydrogens is 332 g/mol. The Morgan fingerprint density at radius 1 is 1.43 bits per heavy atom. The number of thioether (sulfide) groups is 2. The summed E-state index contributed by atoms with van der Waals surface area (Å²) in [6, 6.07) is 8.37. The third-order valence-electron chi connectivity index (χ3n) is 3.22. The smallest absolute Gasteiger partial charge is 0.335 e. The molecule has 1 unspecified atom stereocenters. The van der Waals surface area contributed by atoms with Gasteiger partial charge in [0.2, 0.25) is 0 Å². The zero-order valence-electron chi connectivity index (χ0n) is 12.5. The van der Waals surface area contributed by atoms with Crippen molar-refractivity contribution in [1.82, 2.24) is 5.32 Å². The quantitative estimate of drug-likeness (QED) is 0.765. The molecule has 1 aliphatic rings. The lowest BCUT2D eigenvalue weighted by molar-refractivity contribution is -0.117. The highest BCUT2D eigenvalue weighted by atomic mass is 32.2. The number of carboxylic acids is 1. The topological polar surface area (TPSA) is 90.2 Å². The summed E-state index contributed by atoms with van der Waals surface area (Å²) in [4.78, 5) is 23.0. The average molecular weight is 348 g/mol. The first-order valence-electron chi connectivity index (χ1n) is 7.14. The van der Waals surface area contributed by atoms with E-state index in [2.05, 4.69) is 12.2 Å². The first-order valence-corrected chi connectivity index (χ1v) is 9.01. The second kappa shape index (κ2) is 8.09. The maximum absolute atomic E-state index is 12.1. The number of carbonyl (C=O) groups excluding carboxylic acids is 1. The van der Waals surface area contributed by atoms with E-state index in [9.17, 15) is 14.9 Å². The number of amides is 1. The summed E-state index contributed by atoms with van der Waals surface area (Å²) in [6.07, 6.45) is 2.08. The Balaban J connectivity index is 2.19. The number of hydrogen-bond acceptors (Lipinski definition) is 5. The van der Waals surface area contributed by atoms with Gasteiger partial charge in [-0.25, -0.2) is 4.79 Å². The molecule has 5 nitrogen and oxygen atoms in total. The van der Waals surface area contributed by atoms with Gasteiger partial charge < -0.3 is 10.4 Å². The minimum atomic E-state index is -0.987. The summed E-state index contributed by atoms with van der Waals surface area (Å²) in [5.74, 6) is -0.501. The molecule has 1 aromatic carbocycles. The van der Waals surface area contributed by atoms with Gasteiger partial charge in [-0.15, -0.1) is 11.8 Å². The number of benzene rings is 1. The fourth-order valence-electron chi connectivity index (χ4n) is 1.94. The zero-order valence-corrected chi connectivity index (χ0v) is 14.2. The molecule has 7 heteroatoms. The molecule has 1 heterocycles. The van der Waals surface area contributed by atoms with Gasteiger partial charge in [-0.3, -0.25) is 4.79 Å². The van der Waals surface area contributed by atoms with Crippen LogP contribution < -0.4 is 5.32 Å². The van der Waals surface area contributed by atoms with E-state index in [0.717, 1.165) is 28.4 Å². The number of carbonyl (C=O) groups is 2. The molecule has 1 atom stereocenters. The zero-order chi connectivity index (χ0) is 16.8. The molecule has 1 amide bonds. The van der Waals surface area contributed by atoms with Crippen LogP contribution in [0.2, 0.25) is 0 Å². The van der Waals surface area contributed by atoms with Crippen LogP contribution in [0.3, 0.4) is 0 Å². The molecule has 23 heavy (non-hydrogen) atoms. The molecule has 0 fully saturated rings. The predicted octanol–water partition coefficient (Wildman–Crippen LogP) is 3.51. The van der Waals surface area contributed by atoms with E-state index in [4.69, 9.17) is 5.11 Å². The maximum atomic E-state index is 12.1. The van der Waals surface area contributed by atoms with Gasteiger partial charge >= 0.3 is 5.97 Å². The van der Waals surface area contributed by atoms with Crippen molar-refractivity contribution in [3.8, 4) is 6.07 Å². The van der Waals surface area contributed by atoms with Crippen LogP contribution in [0.5, 0.6) is 0 Å². The molecule has 2 N–H and O–H groups in total. The minimum Gasteiger partial charge on any atom is -0.478 e. The van der Waals surface area contributed by atoms with Crippen molar-refractivity contribution in [1.29, 1.82) is 5.26 Å². The normalized spacial score (nSPS) is 17.6. The number of nitriles is 1. The lowest BCUT2D eigenvalue weighted by Crippen LogP contribution is -2.31. The first kappa shape index (κ1) is 17.4. The van der Waals surface area contributed by atoms with E-state index in [1.165, 1.54) is 35.7 Å². The van der Waals surface area contributed by atoms with Crippen LogP contribution in [0, 0.1) is 11.3 Å². The summed E-state index contributed by atoms with van der Waals surface area (Å²) in [5, 5.41) is 20.6. The van der Waals surface area contributed by atoms with E-state index in [1.54, 1.807) is 12.1 Å². The van der Waals surface area contributed by atoms with Crippen LogP contribution in [0.4, 0.5) is 0 Å². The fraction of sp³-hybridized carbons (Fsp3) is 0.312. The van der Waals surface area contributed by atoms with Crippen molar-refractivity contribution in [3.63, 3.8) is 0 Å². The van der Waals surface area contributed by atoms with Crippen molar-refractivity contribution >= 4 is 35.4 Å². The molecule has 0 aliphatic carbocycles. The van der Waals surface area contributed by atoms with Crippen LogP contribution in [0.25, 0.3) is 0 Å². The lowest BCUT2D eigenvalue weighted by atomic mass is 10.1. The van der Waals surface area contributed by atoms with Gasteiger partial charge in [0.05, 0.1) is 9.80 Å². The first-order chi connectivity index (χ1) is 11.1. The third kappa shape index (κ3) is 4.30. The molecule has 0 saturated carbocycles. The van der Waals surface area contributed by atoms with Gasteiger partial charge in [0.15, 0.2) is 0 Å². The Hall–Kier alpha value is -1.91. The molecule has 0 radical (unpaired) electrons. The summed E-state index contributed by atoms with van der Waals surface area (Å²) < 4.78 is 0.733. The summed E-state index contributed by atoms with van der Waals surface area (Å²) >= 11 is 2.96.